The van der Waals surface area contributed by atoms with E-state index in [2.05, 4.69) is 17.6 Å². The van der Waals surface area contributed by atoms with E-state index in [1.54, 1.807) is 6.07 Å². The zero-order chi connectivity index (χ0) is 13.7. The predicted octanol–water partition coefficient (Wildman–Crippen LogP) is 3.46. The van der Waals surface area contributed by atoms with E-state index in [9.17, 15) is 4.39 Å². The van der Waals surface area contributed by atoms with Gasteiger partial charge in [-0.05, 0) is 49.3 Å². The van der Waals surface area contributed by atoms with Gasteiger partial charge < -0.3 is 5.32 Å². The topological polar surface area (TPSA) is 35.8 Å². The lowest BCUT2D eigenvalue weighted by atomic mass is 9.94. The molecule has 102 valence electrons. The van der Waals surface area contributed by atoms with Crippen molar-refractivity contribution in [1.82, 2.24) is 5.32 Å². The highest BCUT2D eigenvalue weighted by molar-refractivity contribution is 7.99. The monoisotopic (exact) mass is 278 g/mol. The Balaban J connectivity index is 1.95. The third-order valence-corrected chi connectivity index (χ3v) is 4.82. The molecular formula is C15H19FN2S. The molecule has 0 radical (unpaired) electrons. The molecule has 19 heavy (non-hydrogen) atoms. The number of rotatable bonds is 4. The van der Waals surface area contributed by atoms with E-state index in [1.807, 2.05) is 11.8 Å². The maximum Gasteiger partial charge on any atom is 0.123 e. The summed E-state index contributed by atoms with van der Waals surface area (Å²) >= 11 is 1.93. The minimum Gasteiger partial charge on any atom is -0.310 e. The molecule has 2 unspecified atom stereocenters. The highest BCUT2D eigenvalue weighted by Crippen LogP contribution is 2.27. The van der Waals surface area contributed by atoms with Crippen molar-refractivity contribution in [2.45, 2.75) is 43.5 Å². The standard InChI is InChI=1S/C15H19FN2S/c1-19-15-4-2-3-14(8-15)18-10-12-7-13(16)6-5-11(12)9-17/h5-7,14-15,18H,2-4,8,10H2,1H3. The van der Waals surface area contributed by atoms with Gasteiger partial charge in [-0.25, -0.2) is 4.39 Å². The predicted molar refractivity (Wildman–Crippen MR) is 77.5 cm³/mol. The van der Waals surface area contributed by atoms with Gasteiger partial charge in [0.15, 0.2) is 0 Å². The van der Waals surface area contributed by atoms with Crippen LogP contribution in [0.2, 0.25) is 0 Å². The van der Waals surface area contributed by atoms with Crippen LogP contribution in [0.3, 0.4) is 0 Å². The Hall–Kier alpha value is -1.05. The van der Waals surface area contributed by atoms with Gasteiger partial charge in [0, 0.05) is 17.8 Å². The first kappa shape index (κ1) is 14.4. The second-order valence-electron chi connectivity index (χ2n) is 5.02. The molecule has 0 heterocycles. The number of nitrogens with zero attached hydrogens (tertiary/aromatic N) is 1. The van der Waals surface area contributed by atoms with E-state index in [0.29, 0.717) is 18.2 Å². The van der Waals surface area contributed by atoms with E-state index in [0.717, 1.165) is 10.8 Å². The zero-order valence-electron chi connectivity index (χ0n) is 11.2. The van der Waals surface area contributed by atoms with Crippen LogP contribution >= 0.6 is 11.8 Å². The van der Waals surface area contributed by atoms with Crippen LogP contribution in [0.1, 0.15) is 36.8 Å². The molecule has 1 aliphatic carbocycles. The lowest BCUT2D eigenvalue weighted by molar-refractivity contribution is 0.379. The smallest absolute Gasteiger partial charge is 0.123 e. The molecule has 1 aromatic rings. The van der Waals surface area contributed by atoms with Crippen LogP contribution in [0.4, 0.5) is 4.39 Å². The Morgan fingerprint density at radius 1 is 1.47 bits per heavy atom. The third kappa shape index (κ3) is 3.95. The first-order valence-electron chi connectivity index (χ1n) is 6.67. The first-order chi connectivity index (χ1) is 9.22. The normalized spacial score (nSPS) is 23.0. The summed E-state index contributed by atoms with van der Waals surface area (Å²) in [4.78, 5) is 0. The fourth-order valence-corrected chi connectivity index (χ4v) is 3.44. The number of benzene rings is 1. The molecule has 0 aromatic heterocycles. The Morgan fingerprint density at radius 3 is 3.05 bits per heavy atom. The summed E-state index contributed by atoms with van der Waals surface area (Å²) in [5.74, 6) is -0.276. The molecule has 0 aliphatic heterocycles. The molecule has 1 N–H and O–H groups in total. The van der Waals surface area contributed by atoms with Gasteiger partial charge in [0.2, 0.25) is 0 Å². The molecule has 2 atom stereocenters. The van der Waals surface area contributed by atoms with Crippen molar-refractivity contribution in [3.05, 3.63) is 35.1 Å². The van der Waals surface area contributed by atoms with Crippen molar-refractivity contribution in [2.24, 2.45) is 0 Å². The van der Waals surface area contributed by atoms with E-state index >= 15 is 0 Å². The molecule has 1 aromatic carbocycles. The number of thioether (sulfide) groups is 1. The van der Waals surface area contributed by atoms with Gasteiger partial charge in [0.05, 0.1) is 11.6 Å². The van der Waals surface area contributed by atoms with E-state index < -0.39 is 0 Å². The van der Waals surface area contributed by atoms with Gasteiger partial charge in [0.25, 0.3) is 0 Å². The van der Waals surface area contributed by atoms with Crippen LogP contribution in [-0.2, 0) is 6.54 Å². The largest absolute Gasteiger partial charge is 0.310 e. The van der Waals surface area contributed by atoms with Crippen molar-refractivity contribution in [3.8, 4) is 6.07 Å². The summed E-state index contributed by atoms with van der Waals surface area (Å²) in [6.45, 7) is 0.576. The maximum atomic E-state index is 13.2. The molecule has 1 aliphatic rings. The van der Waals surface area contributed by atoms with Gasteiger partial charge in [0.1, 0.15) is 5.82 Å². The third-order valence-electron chi connectivity index (χ3n) is 3.73. The molecule has 1 saturated carbocycles. The molecule has 0 bridgehead atoms. The summed E-state index contributed by atoms with van der Waals surface area (Å²) in [7, 11) is 0. The molecule has 1 fully saturated rings. The van der Waals surface area contributed by atoms with Crippen LogP contribution in [0.5, 0.6) is 0 Å². The average Bonchev–Trinajstić information content (AvgIpc) is 2.45. The summed E-state index contributed by atoms with van der Waals surface area (Å²) < 4.78 is 13.2. The van der Waals surface area contributed by atoms with Crippen molar-refractivity contribution in [1.29, 1.82) is 5.26 Å². The van der Waals surface area contributed by atoms with E-state index in [4.69, 9.17) is 5.26 Å². The van der Waals surface area contributed by atoms with Crippen LogP contribution < -0.4 is 5.32 Å². The highest BCUT2D eigenvalue weighted by atomic mass is 32.2. The van der Waals surface area contributed by atoms with Crippen LogP contribution in [0.15, 0.2) is 18.2 Å². The molecule has 2 nitrogen and oxygen atoms in total. The quantitative estimate of drug-likeness (QED) is 0.916. The Kier molecular flexibility index (Phi) is 5.24. The number of hydrogen-bond donors (Lipinski definition) is 1. The summed E-state index contributed by atoms with van der Waals surface area (Å²) in [5, 5.41) is 13.2. The SMILES string of the molecule is CSC1CCCC(NCc2cc(F)ccc2C#N)C1. The van der Waals surface area contributed by atoms with Gasteiger partial charge in [-0.2, -0.15) is 17.0 Å². The highest BCUT2D eigenvalue weighted by Gasteiger charge is 2.20. The molecule has 0 saturated heterocycles. The number of hydrogen-bond acceptors (Lipinski definition) is 3. The van der Waals surface area contributed by atoms with E-state index in [1.165, 1.54) is 37.8 Å². The molecule has 4 heteroatoms. The number of nitrogens with one attached hydrogen (secondary N) is 1. The van der Waals surface area contributed by atoms with Gasteiger partial charge in [-0.1, -0.05) is 6.42 Å². The van der Waals surface area contributed by atoms with Crippen molar-refractivity contribution < 1.29 is 4.39 Å². The molecule has 0 amide bonds. The molecular weight excluding hydrogens is 259 g/mol. The molecule has 0 spiro atoms. The Bertz CT molecular complexity index is 470. The van der Waals surface area contributed by atoms with Crippen LogP contribution in [0, 0.1) is 17.1 Å². The van der Waals surface area contributed by atoms with Crippen molar-refractivity contribution >= 4 is 11.8 Å². The summed E-state index contributed by atoms with van der Waals surface area (Å²) in [5.41, 5.74) is 1.32. The minimum absolute atomic E-state index is 0.276. The van der Waals surface area contributed by atoms with E-state index in [-0.39, 0.29) is 5.82 Å². The summed E-state index contributed by atoms with van der Waals surface area (Å²) in [6.07, 6.45) is 7.04. The fraction of sp³-hybridized carbons (Fsp3) is 0.533. The Labute approximate surface area is 118 Å². The van der Waals surface area contributed by atoms with Gasteiger partial charge in [-0.3, -0.25) is 0 Å². The lowest BCUT2D eigenvalue weighted by Gasteiger charge is -2.29. The van der Waals surface area contributed by atoms with Crippen molar-refractivity contribution in [2.75, 3.05) is 6.26 Å². The van der Waals surface area contributed by atoms with Crippen LogP contribution in [0.25, 0.3) is 0 Å². The second kappa shape index (κ2) is 6.93. The maximum absolute atomic E-state index is 13.2. The van der Waals surface area contributed by atoms with Crippen LogP contribution in [-0.4, -0.2) is 17.5 Å². The second-order valence-corrected chi connectivity index (χ2v) is 6.15. The first-order valence-corrected chi connectivity index (χ1v) is 7.96. The average molecular weight is 278 g/mol. The lowest BCUT2D eigenvalue weighted by Crippen LogP contribution is -2.34. The zero-order valence-corrected chi connectivity index (χ0v) is 12.0. The summed E-state index contributed by atoms with van der Waals surface area (Å²) in [6, 6.07) is 6.96. The Morgan fingerprint density at radius 2 is 2.32 bits per heavy atom. The number of nitriles is 1. The molecule has 2 rings (SSSR count). The van der Waals surface area contributed by atoms with Crippen molar-refractivity contribution in [3.63, 3.8) is 0 Å². The van der Waals surface area contributed by atoms with Gasteiger partial charge in [-0.15, -0.1) is 0 Å². The number of halogens is 1. The minimum atomic E-state index is -0.276. The fourth-order valence-electron chi connectivity index (χ4n) is 2.62. The van der Waals surface area contributed by atoms with Gasteiger partial charge >= 0.3 is 0 Å².